The molecule has 1 fully saturated rings. The van der Waals surface area contributed by atoms with Crippen LogP contribution in [0.4, 0.5) is 5.13 Å². The van der Waals surface area contributed by atoms with Crippen LogP contribution in [0.15, 0.2) is 41.3 Å². The van der Waals surface area contributed by atoms with Gasteiger partial charge in [0, 0.05) is 49.9 Å². The van der Waals surface area contributed by atoms with Gasteiger partial charge in [0.05, 0.1) is 20.9 Å². The van der Waals surface area contributed by atoms with Crippen molar-refractivity contribution in [2.45, 2.75) is 18.7 Å². The molecule has 1 saturated heterocycles. The summed E-state index contributed by atoms with van der Waals surface area (Å²) in [6, 6.07) is 10.2. The summed E-state index contributed by atoms with van der Waals surface area (Å²) in [6.45, 7) is 8.35. The average Bonchev–Trinajstić information content (AvgIpc) is 3.27. The first-order valence-electron chi connectivity index (χ1n) is 10.9. The van der Waals surface area contributed by atoms with E-state index < -0.39 is 9.84 Å². The second-order valence-corrected chi connectivity index (χ2v) is 11.7. The molecule has 2 aromatic carbocycles. The highest BCUT2D eigenvalue weighted by atomic mass is 35.5. The summed E-state index contributed by atoms with van der Waals surface area (Å²) in [6.07, 6.45) is 0. The number of hydrogen-bond acceptors (Lipinski definition) is 7. The topological polar surface area (TPSA) is 82.6 Å². The number of nitrogens with zero attached hydrogens (tertiary/aromatic N) is 3. The summed E-state index contributed by atoms with van der Waals surface area (Å²) in [7, 11) is -3.34. The highest BCUT2D eigenvalue weighted by molar-refractivity contribution is 7.91. The van der Waals surface area contributed by atoms with Crippen molar-refractivity contribution in [2.24, 2.45) is 0 Å². The fourth-order valence-corrected chi connectivity index (χ4v) is 5.97. The van der Waals surface area contributed by atoms with Gasteiger partial charge >= 0.3 is 0 Å². The lowest BCUT2D eigenvalue weighted by Crippen LogP contribution is -2.48. The van der Waals surface area contributed by atoms with Crippen LogP contribution in [0.25, 0.3) is 10.2 Å². The second kappa shape index (κ2) is 9.97. The van der Waals surface area contributed by atoms with Crippen LogP contribution in [0.5, 0.6) is 0 Å². The van der Waals surface area contributed by atoms with Crippen molar-refractivity contribution in [3.05, 3.63) is 52.5 Å². The molecule has 1 N–H and O–H groups in total. The Balaban J connectivity index is 1.28. The van der Waals surface area contributed by atoms with Gasteiger partial charge in [0.15, 0.2) is 15.0 Å². The SMILES string of the molecule is CCS(=O)(=O)c1cccc(C(=O)NCCN2CCN(c3nc4c(C)c(Cl)ccc4s3)CC2)c1. The number of anilines is 1. The zero-order chi connectivity index (χ0) is 23.6. The first-order chi connectivity index (χ1) is 15.8. The number of aryl methyl sites for hydroxylation is 1. The molecule has 0 radical (unpaired) electrons. The zero-order valence-electron chi connectivity index (χ0n) is 18.7. The van der Waals surface area contributed by atoms with Crippen molar-refractivity contribution in [1.82, 2.24) is 15.2 Å². The molecule has 10 heteroatoms. The van der Waals surface area contributed by atoms with Crippen LogP contribution in [0.3, 0.4) is 0 Å². The Bertz CT molecular complexity index is 1270. The lowest BCUT2D eigenvalue weighted by Gasteiger charge is -2.34. The number of nitrogens with one attached hydrogen (secondary N) is 1. The molecule has 176 valence electrons. The highest BCUT2D eigenvalue weighted by Gasteiger charge is 2.21. The lowest BCUT2D eigenvalue weighted by molar-refractivity contribution is 0.0947. The maximum atomic E-state index is 12.5. The zero-order valence-corrected chi connectivity index (χ0v) is 21.1. The number of thiazole rings is 1. The van der Waals surface area contributed by atoms with Crippen LogP contribution in [0.1, 0.15) is 22.8 Å². The minimum atomic E-state index is -3.34. The van der Waals surface area contributed by atoms with E-state index in [2.05, 4.69) is 15.1 Å². The number of rotatable bonds is 7. The van der Waals surface area contributed by atoms with E-state index in [1.165, 1.54) is 12.1 Å². The summed E-state index contributed by atoms with van der Waals surface area (Å²) in [5.41, 5.74) is 2.35. The number of carbonyl (C=O) groups excluding carboxylic acids is 1. The number of amides is 1. The minimum absolute atomic E-state index is 0.00835. The van der Waals surface area contributed by atoms with Gasteiger partial charge in [0.1, 0.15) is 0 Å². The molecule has 1 aromatic heterocycles. The van der Waals surface area contributed by atoms with Crippen molar-refractivity contribution in [2.75, 3.05) is 49.9 Å². The summed E-state index contributed by atoms with van der Waals surface area (Å²) >= 11 is 7.92. The molecule has 1 aliphatic heterocycles. The maximum absolute atomic E-state index is 12.5. The van der Waals surface area contributed by atoms with Gasteiger partial charge in [-0.3, -0.25) is 9.69 Å². The molecule has 4 rings (SSSR count). The molecule has 0 saturated carbocycles. The van der Waals surface area contributed by atoms with Gasteiger partial charge in [-0.15, -0.1) is 0 Å². The van der Waals surface area contributed by atoms with E-state index in [0.717, 1.165) is 58.7 Å². The molecule has 0 unspecified atom stereocenters. The Morgan fingerprint density at radius 2 is 1.94 bits per heavy atom. The van der Waals surface area contributed by atoms with Crippen molar-refractivity contribution in [3.8, 4) is 0 Å². The summed E-state index contributed by atoms with van der Waals surface area (Å²) in [4.78, 5) is 22.1. The molecule has 0 atom stereocenters. The van der Waals surface area contributed by atoms with E-state index in [-0.39, 0.29) is 16.6 Å². The molecule has 7 nitrogen and oxygen atoms in total. The van der Waals surface area contributed by atoms with Gasteiger partial charge in [0.2, 0.25) is 0 Å². The van der Waals surface area contributed by atoms with E-state index in [1.807, 2.05) is 19.1 Å². The molecule has 0 spiro atoms. The normalized spacial score (nSPS) is 15.2. The van der Waals surface area contributed by atoms with Crippen molar-refractivity contribution in [3.63, 3.8) is 0 Å². The Morgan fingerprint density at radius 1 is 1.18 bits per heavy atom. The number of benzene rings is 2. The third kappa shape index (κ3) is 5.32. The molecular formula is C23H27ClN4O3S2. The molecule has 0 bridgehead atoms. The largest absolute Gasteiger partial charge is 0.351 e. The molecule has 1 amide bonds. The first kappa shape index (κ1) is 23.9. The van der Waals surface area contributed by atoms with Crippen molar-refractivity contribution < 1.29 is 13.2 Å². The Kier molecular flexibility index (Phi) is 7.23. The van der Waals surface area contributed by atoms with Gasteiger partial charge in [-0.2, -0.15) is 0 Å². The molecule has 3 aromatic rings. The number of piperazine rings is 1. The van der Waals surface area contributed by atoms with Gasteiger partial charge in [-0.05, 0) is 42.8 Å². The fourth-order valence-electron chi connectivity index (χ4n) is 3.81. The minimum Gasteiger partial charge on any atom is -0.351 e. The number of hydrogen-bond donors (Lipinski definition) is 1. The van der Waals surface area contributed by atoms with Crippen LogP contribution in [-0.4, -0.2) is 69.2 Å². The molecule has 33 heavy (non-hydrogen) atoms. The van der Waals surface area contributed by atoms with Crippen LogP contribution in [0.2, 0.25) is 5.02 Å². The maximum Gasteiger partial charge on any atom is 0.251 e. The quantitative estimate of drug-likeness (QED) is 0.527. The molecular weight excluding hydrogens is 480 g/mol. The smallest absolute Gasteiger partial charge is 0.251 e. The highest BCUT2D eigenvalue weighted by Crippen LogP contribution is 2.33. The number of carbonyl (C=O) groups is 1. The lowest BCUT2D eigenvalue weighted by atomic mass is 10.2. The third-order valence-corrected chi connectivity index (χ3v) is 9.15. The summed E-state index contributed by atoms with van der Waals surface area (Å²) < 4.78 is 25.3. The van der Waals surface area contributed by atoms with Gasteiger partial charge in [0.25, 0.3) is 5.91 Å². The monoisotopic (exact) mass is 506 g/mol. The van der Waals surface area contributed by atoms with Crippen LogP contribution < -0.4 is 10.2 Å². The van der Waals surface area contributed by atoms with Gasteiger partial charge < -0.3 is 10.2 Å². The standard InChI is InChI=1S/C23H27ClN4O3S2/c1-3-33(30,31)18-6-4-5-17(15-18)22(29)25-9-10-27-11-13-28(14-12-27)23-26-21-16(2)19(24)7-8-20(21)32-23/h4-8,15H,3,9-14H2,1-2H3,(H,25,29). The number of fused-ring (bicyclic) bond motifs is 1. The predicted octanol–water partition coefficient (Wildman–Crippen LogP) is 3.60. The third-order valence-electron chi connectivity index (χ3n) is 5.93. The first-order valence-corrected chi connectivity index (χ1v) is 13.8. The van der Waals surface area contributed by atoms with E-state index in [4.69, 9.17) is 16.6 Å². The Labute approximate surface area is 203 Å². The summed E-state index contributed by atoms with van der Waals surface area (Å²) in [5.74, 6) is -0.251. The van der Waals surface area contributed by atoms with E-state index in [1.54, 1.807) is 30.4 Å². The molecule has 1 aliphatic rings. The van der Waals surface area contributed by atoms with E-state index in [0.29, 0.717) is 12.1 Å². The second-order valence-electron chi connectivity index (χ2n) is 8.03. The molecule has 2 heterocycles. The summed E-state index contributed by atoms with van der Waals surface area (Å²) in [5, 5.41) is 4.66. The van der Waals surface area contributed by atoms with Gasteiger partial charge in [-0.1, -0.05) is 35.9 Å². The van der Waals surface area contributed by atoms with Crippen LogP contribution >= 0.6 is 22.9 Å². The number of sulfone groups is 1. The average molecular weight is 507 g/mol. The van der Waals surface area contributed by atoms with E-state index >= 15 is 0 Å². The predicted molar refractivity (Wildman–Crippen MR) is 135 cm³/mol. The number of aromatic nitrogens is 1. The van der Waals surface area contributed by atoms with Crippen LogP contribution in [0, 0.1) is 6.92 Å². The fraction of sp³-hybridized carbons (Fsp3) is 0.391. The van der Waals surface area contributed by atoms with E-state index in [9.17, 15) is 13.2 Å². The van der Waals surface area contributed by atoms with Crippen molar-refractivity contribution >= 4 is 54.0 Å². The molecule has 0 aliphatic carbocycles. The number of halogens is 1. The van der Waals surface area contributed by atoms with Crippen molar-refractivity contribution in [1.29, 1.82) is 0 Å². The Hall–Kier alpha value is -2.20. The Morgan fingerprint density at radius 3 is 2.67 bits per heavy atom. The van der Waals surface area contributed by atoms with Gasteiger partial charge in [-0.25, -0.2) is 13.4 Å². The van der Waals surface area contributed by atoms with Crippen LogP contribution in [-0.2, 0) is 9.84 Å².